The Bertz CT molecular complexity index is 1340. The Labute approximate surface area is 224 Å². The lowest BCUT2D eigenvalue weighted by atomic mass is 9.94. The molecule has 10 heteroatoms. The van der Waals surface area contributed by atoms with E-state index < -0.39 is 6.04 Å². The maximum atomic E-state index is 13.8. The van der Waals surface area contributed by atoms with Gasteiger partial charge >= 0.3 is 0 Å². The molecule has 0 spiro atoms. The molecule has 0 fully saturated rings. The second-order valence-electron chi connectivity index (χ2n) is 8.33. The molecule has 36 heavy (non-hydrogen) atoms. The number of anilines is 2. The van der Waals surface area contributed by atoms with Gasteiger partial charge in [-0.3, -0.25) is 4.79 Å². The van der Waals surface area contributed by atoms with E-state index in [-0.39, 0.29) is 5.91 Å². The van der Waals surface area contributed by atoms with Crippen molar-refractivity contribution in [2.75, 3.05) is 30.1 Å². The normalized spacial score (nSPS) is 14.8. The highest BCUT2D eigenvalue weighted by Crippen LogP contribution is 2.43. The molecule has 0 radical (unpaired) electrons. The first-order valence-corrected chi connectivity index (χ1v) is 13.5. The van der Waals surface area contributed by atoms with Crippen molar-refractivity contribution >= 4 is 45.2 Å². The number of nitrogens with zero attached hydrogens (tertiary/aromatic N) is 3. The van der Waals surface area contributed by atoms with Crippen LogP contribution < -0.4 is 20.1 Å². The standard InChI is InChI=1S/C26H30BrN5O3S/c1-7-35-20-13-17(12-18(27)23(20)34-6)22-21(24(33)29-19-11-9-10-14(3)15(19)4)16(5)28-25-30-26(36-8-2)31-32(22)25/h9-13,22H,7-8H2,1-6H3,(H,29,33)(H,28,30,31). The largest absolute Gasteiger partial charge is 0.492 e. The number of aromatic nitrogens is 3. The SMILES string of the molecule is CCOc1cc(C2C(C(=O)Nc3cccc(C)c3C)=C(C)Nc3nc(SCC)nn32)cc(Br)c1OC. The number of ether oxygens (including phenoxy) is 2. The zero-order valence-electron chi connectivity index (χ0n) is 21.2. The number of fused-ring (bicyclic) bond motifs is 1. The van der Waals surface area contributed by atoms with Crippen LogP contribution in [0.4, 0.5) is 11.6 Å². The molecule has 0 saturated heterocycles. The number of aryl methyl sites for hydroxylation is 1. The van der Waals surface area contributed by atoms with E-state index in [1.807, 2.05) is 58.0 Å². The van der Waals surface area contributed by atoms with Crippen LogP contribution in [0.5, 0.6) is 11.5 Å². The van der Waals surface area contributed by atoms with Gasteiger partial charge in [-0.25, -0.2) is 4.68 Å². The summed E-state index contributed by atoms with van der Waals surface area (Å²) in [6, 6.07) is 9.18. The van der Waals surface area contributed by atoms with Crippen molar-refractivity contribution in [2.24, 2.45) is 0 Å². The Hall–Kier alpha value is -2.98. The fourth-order valence-corrected chi connectivity index (χ4v) is 5.38. The summed E-state index contributed by atoms with van der Waals surface area (Å²) in [4.78, 5) is 18.5. The summed E-state index contributed by atoms with van der Waals surface area (Å²) in [5.41, 5.74) is 4.98. The second kappa shape index (κ2) is 11.0. The van der Waals surface area contributed by atoms with Gasteiger partial charge in [-0.2, -0.15) is 4.98 Å². The van der Waals surface area contributed by atoms with Gasteiger partial charge in [-0.15, -0.1) is 5.10 Å². The summed E-state index contributed by atoms with van der Waals surface area (Å²) in [6.07, 6.45) is 0. The van der Waals surface area contributed by atoms with E-state index in [9.17, 15) is 4.79 Å². The van der Waals surface area contributed by atoms with Crippen LogP contribution in [0.2, 0.25) is 0 Å². The Morgan fingerprint density at radius 3 is 2.72 bits per heavy atom. The molecule has 190 valence electrons. The molecule has 1 aliphatic rings. The van der Waals surface area contributed by atoms with Crippen molar-refractivity contribution in [1.29, 1.82) is 0 Å². The maximum absolute atomic E-state index is 13.8. The van der Waals surface area contributed by atoms with Crippen LogP contribution in [0, 0.1) is 13.8 Å². The maximum Gasteiger partial charge on any atom is 0.255 e. The number of carbonyl (C=O) groups excluding carboxylic acids is 1. The van der Waals surface area contributed by atoms with Crippen LogP contribution in [-0.2, 0) is 4.79 Å². The first kappa shape index (κ1) is 26.1. The first-order chi connectivity index (χ1) is 17.3. The van der Waals surface area contributed by atoms with Crippen LogP contribution in [0.15, 0.2) is 51.2 Å². The third kappa shape index (κ3) is 4.97. The summed E-state index contributed by atoms with van der Waals surface area (Å²) in [6.45, 7) is 10.4. The fraction of sp³-hybridized carbons (Fsp3) is 0.346. The van der Waals surface area contributed by atoms with E-state index in [0.717, 1.165) is 32.6 Å². The van der Waals surface area contributed by atoms with E-state index in [0.29, 0.717) is 40.5 Å². The molecule has 1 atom stereocenters. The highest BCUT2D eigenvalue weighted by Gasteiger charge is 2.35. The first-order valence-electron chi connectivity index (χ1n) is 11.7. The summed E-state index contributed by atoms with van der Waals surface area (Å²) in [7, 11) is 1.60. The number of carbonyl (C=O) groups is 1. The lowest BCUT2D eigenvalue weighted by Gasteiger charge is -2.29. The number of rotatable bonds is 8. The van der Waals surface area contributed by atoms with E-state index >= 15 is 0 Å². The van der Waals surface area contributed by atoms with Crippen LogP contribution in [0.1, 0.15) is 43.5 Å². The number of nitrogens with one attached hydrogen (secondary N) is 2. The van der Waals surface area contributed by atoms with Gasteiger partial charge in [-0.05, 0) is 84.3 Å². The van der Waals surface area contributed by atoms with Crippen molar-refractivity contribution in [1.82, 2.24) is 14.8 Å². The second-order valence-corrected chi connectivity index (χ2v) is 10.4. The van der Waals surface area contributed by atoms with Gasteiger partial charge in [-0.1, -0.05) is 30.8 Å². The van der Waals surface area contributed by atoms with Gasteiger partial charge in [0.2, 0.25) is 11.1 Å². The Morgan fingerprint density at radius 2 is 2.03 bits per heavy atom. The van der Waals surface area contributed by atoms with E-state index in [2.05, 4.69) is 38.5 Å². The van der Waals surface area contributed by atoms with Crippen molar-refractivity contribution in [3.63, 3.8) is 0 Å². The zero-order chi connectivity index (χ0) is 26.0. The number of thioether (sulfide) groups is 1. The lowest BCUT2D eigenvalue weighted by molar-refractivity contribution is -0.113. The average molecular weight is 573 g/mol. The number of methoxy groups -OCH3 is 1. The van der Waals surface area contributed by atoms with Crippen molar-refractivity contribution in [3.05, 3.63) is 62.8 Å². The molecule has 2 N–H and O–H groups in total. The van der Waals surface area contributed by atoms with Crippen LogP contribution in [0.25, 0.3) is 0 Å². The lowest BCUT2D eigenvalue weighted by Crippen LogP contribution is -2.31. The Morgan fingerprint density at radius 1 is 1.25 bits per heavy atom. The molecule has 1 unspecified atom stereocenters. The molecule has 4 rings (SSSR count). The van der Waals surface area contributed by atoms with Crippen LogP contribution >= 0.6 is 27.7 Å². The number of hydrogen-bond donors (Lipinski definition) is 2. The van der Waals surface area contributed by atoms with Gasteiger partial charge in [0.15, 0.2) is 11.5 Å². The molecule has 2 aromatic carbocycles. The molecule has 1 aromatic heterocycles. The molecule has 2 heterocycles. The third-order valence-corrected chi connectivity index (χ3v) is 7.36. The molecule has 1 aliphatic heterocycles. The number of amides is 1. The Balaban J connectivity index is 1.86. The molecule has 1 amide bonds. The van der Waals surface area contributed by atoms with Gasteiger partial charge < -0.3 is 20.1 Å². The summed E-state index contributed by atoms with van der Waals surface area (Å²) < 4.78 is 13.9. The van der Waals surface area contributed by atoms with E-state index in [4.69, 9.17) is 14.6 Å². The Kier molecular flexibility index (Phi) is 7.94. The van der Waals surface area contributed by atoms with E-state index in [1.54, 1.807) is 23.6 Å². The predicted molar refractivity (Wildman–Crippen MR) is 147 cm³/mol. The smallest absolute Gasteiger partial charge is 0.255 e. The number of allylic oxidation sites excluding steroid dienone is 1. The van der Waals surface area contributed by atoms with Crippen molar-refractivity contribution < 1.29 is 14.3 Å². The number of hydrogen-bond acceptors (Lipinski definition) is 7. The fourth-order valence-electron chi connectivity index (χ4n) is 4.21. The average Bonchev–Trinajstić information content (AvgIpc) is 3.23. The molecule has 0 saturated carbocycles. The highest BCUT2D eigenvalue weighted by molar-refractivity contribution is 9.10. The topological polar surface area (TPSA) is 90.3 Å². The zero-order valence-corrected chi connectivity index (χ0v) is 23.6. The molecule has 0 bridgehead atoms. The minimum atomic E-state index is -0.536. The van der Waals surface area contributed by atoms with Crippen LogP contribution in [0.3, 0.4) is 0 Å². The van der Waals surface area contributed by atoms with Crippen molar-refractivity contribution in [3.8, 4) is 11.5 Å². The molecule has 8 nitrogen and oxygen atoms in total. The summed E-state index contributed by atoms with van der Waals surface area (Å²) in [5.74, 6) is 2.39. The molecule has 0 aliphatic carbocycles. The quantitative estimate of drug-likeness (QED) is 0.315. The van der Waals surface area contributed by atoms with Crippen molar-refractivity contribution in [2.45, 2.75) is 45.8 Å². The predicted octanol–water partition coefficient (Wildman–Crippen LogP) is 6.10. The van der Waals surface area contributed by atoms with Gasteiger partial charge in [0.25, 0.3) is 5.91 Å². The van der Waals surface area contributed by atoms with E-state index in [1.165, 1.54) is 0 Å². The minimum absolute atomic E-state index is 0.213. The molecular formula is C26H30BrN5O3S. The van der Waals surface area contributed by atoms with Gasteiger partial charge in [0.1, 0.15) is 6.04 Å². The summed E-state index contributed by atoms with van der Waals surface area (Å²) >= 11 is 5.17. The monoisotopic (exact) mass is 571 g/mol. The summed E-state index contributed by atoms with van der Waals surface area (Å²) in [5, 5.41) is 11.8. The van der Waals surface area contributed by atoms with Crippen LogP contribution in [-0.4, -0.2) is 40.1 Å². The number of benzene rings is 2. The van der Waals surface area contributed by atoms with Gasteiger partial charge in [0.05, 0.1) is 23.8 Å². The van der Waals surface area contributed by atoms with Gasteiger partial charge in [0, 0.05) is 11.4 Å². The number of halogens is 1. The molecule has 3 aromatic rings. The highest BCUT2D eigenvalue weighted by atomic mass is 79.9. The molecular weight excluding hydrogens is 542 g/mol. The third-order valence-electron chi connectivity index (χ3n) is 6.06. The minimum Gasteiger partial charge on any atom is -0.492 e.